The fraction of sp³-hybridized carbons (Fsp3) is 0.529. The van der Waals surface area contributed by atoms with Crippen LogP contribution >= 0.6 is 0 Å². The van der Waals surface area contributed by atoms with Crippen LogP contribution < -0.4 is 4.90 Å². The van der Waals surface area contributed by atoms with E-state index in [9.17, 15) is 9.59 Å². The highest BCUT2D eigenvalue weighted by Crippen LogP contribution is 2.29. The van der Waals surface area contributed by atoms with Crippen LogP contribution in [-0.2, 0) is 19.1 Å². The highest BCUT2D eigenvalue weighted by Gasteiger charge is 2.36. The number of aryl methyl sites for hydroxylation is 2. The van der Waals surface area contributed by atoms with E-state index in [1.54, 1.807) is 0 Å². The van der Waals surface area contributed by atoms with Gasteiger partial charge in [0.25, 0.3) is 0 Å². The predicted molar refractivity (Wildman–Crippen MR) is 83.6 cm³/mol. The second-order valence-electron chi connectivity index (χ2n) is 5.75. The number of anilines is 1. The van der Waals surface area contributed by atoms with Gasteiger partial charge in [0.2, 0.25) is 6.23 Å². The van der Waals surface area contributed by atoms with Crippen molar-refractivity contribution in [2.45, 2.75) is 52.9 Å². The summed E-state index contributed by atoms with van der Waals surface area (Å²) >= 11 is 0. The molecule has 1 saturated heterocycles. The first-order valence-corrected chi connectivity index (χ1v) is 7.57. The van der Waals surface area contributed by atoms with Crippen molar-refractivity contribution in [2.24, 2.45) is 0 Å². The molecule has 1 aromatic carbocycles. The average molecular weight is 305 g/mol. The Hall–Kier alpha value is -2.04. The summed E-state index contributed by atoms with van der Waals surface area (Å²) in [6.45, 7) is 7.61. The Bertz CT molecular complexity index is 570. The molecule has 2 atom stereocenters. The van der Waals surface area contributed by atoms with Crippen LogP contribution in [0.4, 0.5) is 5.69 Å². The standard InChI is InChI=1S/C17H23NO4/c1-11-7-8-15(10-12(11)2)18-9-5-6-16(21-13(3)19)17(18)22-14(4)20/h7-8,10,16-17H,5-6,9H2,1-4H3/t16-,17-/m0/s1. The lowest BCUT2D eigenvalue weighted by Crippen LogP contribution is -2.52. The zero-order valence-electron chi connectivity index (χ0n) is 13.6. The molecule has 1 fully saturated rings. The SMILES string of the molecule is CC(=O)O[C@H]1CCCN(c2ccc(C)c(C)c2)[C@H]1OC(C)=O. The van der Waals surface area contributed by atoms with E-state index in [0.29, 0.717) is 6.42 Å². The summed E-state index contributed by atoms with van der Waals surface area (Å²) in [4.78, 5) is 24.8. The molecule has 5 nitrogen and oxygen atoms in total. The second kappa shape index (κ2) is 6.81. The van der Waals surface area contributed by atoms with Gasteiger partial charge in [0, 0.05) is 26.1 Å². The molecular weight excluding hydrogens is 282 g/mol. The van der Waals surface area contributed by atoms with E-state index in [4.69, 9.17) is 9.47 Å². The van der Waals surface area contributed by atoms with Crippen LogP contribution in [0.3, 0.4) is 0 Å². The molecule has 1 aliphatic heterocycles. The number of benzene rings is 1. The van der Waals surface area contributed by atoms with Crippen molar-refractivity contribution in [3.05, 3.63) is 29.3 Å². The van der Waals surface area contributed by atoms with E-state index in [1.807, 2.05) is 24.0 Å². The summed E-state index contributed by atoms with van der Waals surface area (Å²) < 4.78 is 10.8. The molecule has 1 aliphatic rings. The van der Waals surface area contributed by atoms with Gasteiger partial charge in [-0.3, -0.25) is 9.59 Å². The first kappa shape index (κ1) is 16.3. The normalized spacial score (nSPS) is 21.4. The number of esters is 2. The number of nitrogens with zero attached hydrogens (tertiary/aromatic N) is 1. The Morgan fingerprint density at radius 1 is 1.09 bits per heavy atom. The Morgan fingerprint density at radius 3 is 2.36 bits per heavy atom. The quantitative estimate of drug-likeness (QED) is 0.804. The summed E-state index contributed by atoms with van der Waals surface area (Å²) in [5.41, 5.74) is 3.36. The highest BCUT2D eigenvalue weighted by atomic mass is 16.6. The van der Waals surface area contributed by atoms with Crippen molar-refractivity contribution in [1.82, 2.24) is 0 Å². The van der Waals surface area contributed by atoms with Crippen LogP contribution in [0.15, 0.2) is 18.2 Å². The van der Waals surface area contributed by atoms with Gasteiger partial charge in [0.1, 0.15) is 0 Å². The zero-order valence-corrected chi connectivity index (χ0v) is 13.6. The summed E-state index contributed by atoms with van der Waals surface area (Å²) in [6, 6.07) is 6.13. The molecule has 2 rings (SSSR count). The van der Waals surface area contributed by atoms with Crippen LogP contribution in [0.25, 0.3) is 0 Å². The minimum atomic E-state index is -0.572. The maximum Gasteiger partial charge on any atom is 0.304 e. The van der Waals surface area contributed by atoms with Gasteiger partial charge in [0.15, 0.2) is 6.10 Å². The fourth-order valence-corrected chi connectivity index (χ4v) is 2.75. The van der Waals surface area contributed by atoms with Crippen LogP contribution in [0.5, 0.6) is 0 Å². The molecule has 0 saturated carbocycles. The molecular formula is C17H23NO4. The first-order valence-electron chi connectivity index (χ1n) is 7.57. The molecule has 1 heterocycles. The van der Waals surface area contributed by atoms with Gasteiger partial charge in [-0.15, -0.1) is 0 Å². The summed E-state index contributed by atoms with van der Waals surface area (Å²) in [5, 5.41) is 0. The summed E-state index contributed by atoms with van der Waals surface area (Å²) in [6.07, 6.45) is 0.565. The monoisotopic (exact) mass is 305 g/mol. The van der Waals surface area contributed by atoms with E-state index >= 15 is 0 Å². The minimum absolute atomic E-state index is 0.357. The predicted octanol–water partition coefficient (Wildman–Crippen LogP) is 2.72. The van der Waals surface area contributed by atoms with Gasteiger partial charge in [-0.25, -0.2) is 0 Å². The van der Waals surface area contributed by atoms with Crippen molar-refractivity contribution in [1.29, 1.82) is 0 Å². The van der Waals surface area contributed by atoms with Crippen LogP contribution in [0.2, 0.25) is 0 Å². The van der Waals surface area contributed by atoms with Crippen molar-refractivity contribution in [2.75, 3.05) is 11.4 Å². The van der Waals surface area contributed by atoms with Gasteiger partial charge in [-0.1, -0.05) is 6.07 Å². The molecule has 0 N–H and O–H groups in total. The topological polar surface area (TPSA) is 55.8 Å². The number of carbonyl (C=O) groups excluding carboxylic acids is 2. The van der Waals surface area contributed by atoms with Gasteiger partial charge in [-0.2, -0.15) is 0 Å². The molecule has 5 heteroatoms. The number of hydrogen-bond acceptors (Lipinski definition) is 5. The van der Waals surface area contributed by atoms with Gasteiger partial charge < -0.3 is 14.4 Å². The largest absolute Gasteiger partial charge is 0.456 e. The van der Waals surface area contributed by atoms with E-state index in [1.165, 1.54) is 25.0 Å². The maximum atomic E-state index is 11.5. The molecule has 1 aromatic rings. The number of ether oxygens (including phenoxy) is 2. The molecule has 0 spiro atoms. The van der Waals surface area contributed by atoms with Crippen LogP contribution in [-0.4, -0.2) is 30.8 Å². The average Bonchev–Trinajstić information content (AvgIpc) is 2.43. The minimum Gasteiger partial charge on any atom is -0.456 e. The van der Waals surface area contributed by atoms with Gasteiger partial charge in [0.05, 0.1) is 0 Å². The third-order valence-electron chi connectivity index (χ3n) is 3.94. The van der Waals surface area contributed by atoms with Crippen molar-refractivity contribution >= 4 is 17.6 Å². The van der Waals surface area contributed by atoms with Crippen LogP contribution in [0, 0.1) is 13.8 Å². The third-order valence-corrected chi connectivity index (χ3v) is 3.94. The Balaban J connectivity index is 2.30. The molecule has 22 heavy (non-hydrogen) atoms. The van der Waals surface area contributed by atoms with Gasteiger partial charge >= 0.3 is 11.9 Å². The van der Waals surface area contributed by atoms with E-state index < -0.39 is 12.3 Å². The lowest BCUT2D eigenvalue weighted by molar-refractivity contribution is -0.167. The van der Waals surface area contributed by atoms with E-state index in [2.05, 4.69) is 13.0 Å². The van der Waals surface area contributed by atoms with Crippen LogP contribution in [0.1, 0.15) is 37.8 Å². The first-order chi connectivity index (χ1) is 10.4. The Kier molecular flexibility index (Phi) is 5.06. The fourth-order valence-electron chi connectivity index (χ4n) is 2.75. The Labute approximate surface area is 131 Å². The molecule has 0 amide bonds. The van der Waals surface area contributed by atoms with Crippen molar-refractivity contribution in [3.8, 4) is 0 Å². The van der Waals surface area contributed by atoms with E-state index in [-0.39, 0.29) is 11.9 Å². The van der Waals surface area contributed by atoms with Crippen molar-refractivity contribution < 1.29 is 19.1 Å². The van der Waals surface area contributed by atoms with Gasteiger partial charge in [-0.05, 0) is 49.9 Å². The van der Waals surface area contributed by atoms with Crippen molar-refractivity contribution in [3.63, 3.8) is 0 Å². The molecule has 0 aliphatic carbocycles. The zero-order chi connectivity index (χ0) is 16.3. The molecule has 0 aromatic heterocycles. The Morgan fingerprint density at radius 2 is 1.77 bits per heavy atom. The number of piperidine rings is 1. The third kappa shape index (κ3) is 3.78. The number of hydrogen-bond donors (Lipinski definition) is 0. The molecule has 0 bridgehead atoms. The summed E-state index contributed by atoms with van der Waals surface area (Å²) in [7, 11) is 0. The molecule has 120 valence electrons. The number of carbonyl (C=O) groups is 2. The maximum absolute atomic E-state index is 11.5. The van der Waals surface area contributed by atoms with E-state index in [0.717, 1.165) is 18.7 Å². The second-order valence-corrected chi connectivity index (χ2v) is 5.75. The number of rotatable bonds is 3. The lowest BCUT2D eigenvalue weighted by Gasteiger charge is -2.41. The summed E-state index contributed by atoms with van der Waals surface area (Å²) in [5.74, 6) is -0.734. The molecule has 0 radical (unpaired) electrons. The lowest BCUT2D eigenvalue weighted by atomic mass is 10.0. The molecule has 0 unspecified atom stereocenters. The highest BCUT2D eigenvalue weighted by molar-refractivity contribution is 5.68. The smallest absolute Gasteiger partial charge is 0.304 e.